The highest BCUT2D eigenvalue weighted by molar-refractivity contribution is 7.47. The van der Waals surface area contributed by atoms with Gasteiger partial charge in [0, 0.05) is 12.8 Å². The Morgan fingerprint density at radius 3 is 1.76 bits per heavy atom. The number of epoxide rings is 1. The molecule has 10 nitrogen and oxygen atoms in total. The number of hydrogen-bond acceptors (Lipinski definition) is 8. The molecule has 0 amide bonds. The number of phosphoric acid groups is 1. The Morgan fingerprint density at radius 1 is 0.667 bits per heavy atom. The lowest BCUT2D eigenvalue weighted by molar-refractivity contribution is -0.870. The number of esters is 2. The fourth-order valence-electron chi connectivity index (χ4n) is 6.37. The van der Waals surface area contributed by atoms with E-state index in [4.69, 9.17) is 23.3 Å². The minimum atomic E-state index is -4.38. The largest absolute Gasteiger partial charge is 0.472 e. The summed E-state index contributed by atoms with van der Waals surface area (Å²) >= 11 is 0. The van der Waals surface area contributed by atoms with Gasteiger partial charge >= 0.3 is 19.8 Å². The maximum atomic E-state index is 12.7. The minimum absolute atomic E-state index is 0.0290. The van der Waals surface area contributed by atoms with Gasteiger partial charge < -0.3 is 23.6 Å². The van der Waals surface area contributed by atoms with Crippen LogP contribution in [0, 0.1) is 0 Å². The maximum Gasteiger partial charge on any atom is 0.472 e. The molecule has 11 heteroatoms. The first kappa shape index (κ1) is 50.7. The van der Waals surface area contributed by atoms with Crippen LogP contribution in [0.1, 0.15) is 187 Å². The lowest BCUT2D eigenvalue weighted by Crippen LogP contribution is -2.37. The SMILES string of the molecule is CCCCCCCCCCCCCCCCC(=O)OC[C@H](COP(=O)(O)OCC[N+](C)(C)C)OC(=O)CCCCCCC/C=C\CC1OC1CCCCC. The number of ether oxygens (including phenoxy) is 3. The molecule has 0 radical (unpaired) electrons. The molecule has 0 aromatic carbocycles. The Balaban J connectivity index is 2.27. The molecule has 318 valence electrons. The van der Waals surface area contributed by atoms with E-state index in [0.717, 1.165) is 57.8 Å². The molecule has 1 fully saturated rings. The number of hydrogen-bond donors (Lipinski definition) is 1. The number of phosphoric ester groups is 1. The maximum absolute atomic E-state index is 12.7. The van der Waals surface area contributed by atoms with Crippen LogP contribution in [0.4, 0.5) is 0 Å². The highest BCUT2D eigenvalue weighted by atomic mass is 31.2. The fourth-order valence-corrected chi connectivity index (χ4v) is 7.12. The molecule has 0 aromatic heterocycles. The summed E-state index contributed by atoms with van der Waals surface area (Å²) < 4.78 is 40.0. The quantitative estimate of drug-likeness (QED) is 0.0162. The third-order valence-electron chi connectivity index (χ3n) is 9.97. The molecule has 1 rings (SSSR count). The van der Waals surface area contributed by atoms with Gasteiger partial charge in [-0.2, -0.15) is 0 Å². The second-order valence-electron chi connectivity index (χ2n) is 16.5. The van der Waals surface area contributed by atoms with Gasteiger partial charge in [-0.3, -0.25) is 18.6 Å². The first-order chi connectivity index (χ1) is 26.0. The highest BCUT2D eigenvalue weighted by Gasteiger charge is 2.36. The molecule has 54 heavy (non-hydrogen) atoms. The van der Waals surface area contributed by atoms with Crippen molar-refractivity contribution in [1.29, 1.82) is 0 Å². The van der Waals surface area contributed by atoms with Gasteiger partial charge in [0.15, 0.2) is 6.10 Å². The van der Waals surface area contributed by atoms with Crippen molar-refractivity contribution in [2.24, 2.45) is 0 Å². The van der Waals surface area contributed by atoms with E-state index < -0.39 is 26.5 Å². The number of carbonyl (C=O) groups excluding carboxylic acids is 2. The van der Waals surface area contributed by atoms with E-state index in [9.17, 15) is 19.0 Å². The molecular formula is C43H83NO9P+. The molecule has 0 spiro atoms. The molecule has 0 aromatic rings. The van der Waals surface area contributed by atoms with Crippen LogP contribution in [0.3, 0.4) is 0 Å². The van der Waals surface area contributed by atoms with Gasteiger partial charge in [-0.25, -0.2) is 4.57 Å². The summed E-state index contributed by atoms with van der Waals surface area (Å²) in [6, 6.07) is 0. The van der Waals surface area contributed by atoms with E-state index in [1.54, 1.807) is 0 Å². The highest BCUT2D eigenvalue weighted by Crippen LogP contribution is 2.43. The topological polar surface area (TPSA) is 121 Å². The number of unbranched alkanes of at least 4 members (excludes halogenated alkanes) is 20. The number of rotatable bonds is 39. The summed E-state index contributed by atoms with van der Waals surface area (Å²) in [6.45, 7) is 4.38. The Morgan fingerprint density at radius 2 is 1.19 bits per heavy atom. The zero-order valence-corrected chi connectivity index (χ0v) is 36.3. The van der Waals surface area contributed by atoms with Crippen molar-refractivity contribution in [2.75, 3.05) is 47.5 Å². The van der Waals surface area contributed by atoms with Crippen LogP contribution in [0.15, 0.2) is 12.2 Å². The number of likely N-dealkylation sites (N-methyl/N-ethyl adjacent to an activating group) is 1. The van der Waals surface area contributed by atoms with Crippen LogP contribution in [-0.4, -0.2) is 87.1 Å². The van der Waals surface area contributed by atoms with E-state index >= 15 is 0 Å². The zero-order chi connectivity index (χ0) is 39.8. The summed E-state index contributed by atoms with van der Waals surface area (Å²) in [5.41, 5.74) is 0. The minimum Gasteiger partial charge on any atom is -0.462 e. The van der Waals surface area contributed by atoms with Crippen molar-refractivity contribution >= 4 is 19.8 Å². The predicted octanol–water partition coefficient (Wildman–Crippen LogP) is 11.2. The average Bonchev–Trinajstić information content (AvgIpc) is 3.87. The monoisotopic (exact) mass is 789 g/mol. The molecule has 1 heterocycles. The molecule has 1 saturated heterocycles. The van der Waals surface area contributed by atoms with Gasteiger partial charge in [0.25, 0.3) is 0 Å². The van der Waals surface area contributed by atoms with Crippen LogP contribution >= 0.6 is 7.82 Å². The standard InChI is InChI=1S/C43H82NO9P/c1-6-8-10-11-12-13-14-15-16-17-18-22-25-29-33-42(45)49-37-39(38-51-54(47,48)50-36-35-44(3,4)5)52-43(46)34-30-26-23-20-19-21-24-28-32-41-40(53-41)31-27-9-7-2/h24,28,39-41H,6-23,25-27,29-38H2,1-5H3/p+1/b28-24-/t39-,40?,41?/m1/s1. The van der Waals surface area contributed by atoms with Gasteiger partial charge in [-0.15, -0.1) is 0 Å². The normalized spacial score (nSPS) is 17.4. The smallest absolute Gasteiger partial charge is 0.462 e. The molecular weight excluding hydrogens is 705 g/mol. The third kappa shape index (κ3) is 32.9. The first-order valence-electron chi connectivity index (χ1n) is 22.0. The van der Waals surface area contributed by atoms with Crippen molar-refractivity contribution < 1.29 is 46.8 Å². The summed E-state index contributed by atoms with van der Waals surface area (Å²) in [6.07, 6.45) is 34.2. The van der Waals surface area contributed by atoms with E-state index in [1.165, 1.54) is 96.3 Å². The molecule has 1 N–H and O–H groups in total. The van der Waals surface area contributed by atoms with Crippen LogP contribution in [-0.2, 0) is 37.4 Å². The van der Waals surface area contributed by atoms with Gasteiger partial charge in [0.2, 0.25) is 0 Å². The Labute approximate surface area is 331 Å². The predicted molar refractivity (Wildman–Crippen MR) is 219 cm³/mol. The molecule has 0 saturated carbocycles. The average molecular weight is 789 g/mol. The lowest BCUT2D eigenvalue weighted by atomic mass is 10.0. The number of carbonyl (C=O) groups is 2. The molecule has 0 aliphatic carbocycles. The van der Waals surface area contributed by atoms with Crippen molar-refractivity contribution in [1.82, 2.24) is 0 Å². The van der Waals surface area contributed by atoms with Gasteiger partial charge in [0.1, 0.15) is 19.8 Å². The summed E-state index contributed by atoms with van der Waals surface area (Å²) in [4.78, 5) is 35.4. The van der Waals surface area contributed by atoms with Crippen molar-refractivity contribution in [3.8, 4) is 0 Å². The second-order valence-corrected chi connectivity index (χ2v) is 17.9. The van der Waals surface area contributed by atoms with Gasteiger partial charge in [-0.1, -0.05) is 148 Å². The molecule has 4 atom stereocenters. The molecule has 3 unspecified atom stereocenters. The zero-order valence-electron chi connectivity index (χ0n) is 35.4. The summed E-state index contributed by atoms with van der Waals surface area (Å²) in [7, 11) is 1.47. The second kappa shape index (κ2) is 32.8. The number of allylic oxidation sites excluding steroid dienone is 1. The Hall–Kier alpha value is -1.29. The summed E-state index contributed by atoms with van der Waals surface area (Å²) in [5, 5.41) is 0. The van der Waals surface area contributed by atoms with E-state index in [0.29, 0.717) is 29.7 Å². The fraction of sp³-hybridized carbons (Fsp3) is 0.907. The van der Waals surface area contributed by atoms with Crippen molar-refractivity contribution in [3.05, 3.63) is 12.2 Å². The van der Waals surface area contributed by atoms with Crippen LogP contribution in [0.25, 0.3) is 0 Å². The Bertz CT molecular complexity index is 1000. The van der Waals surface area contributed by atoms with E-state index in [1.807, 2.05) is 21.1 Å². The van der Waals surface area contributed by atoms with Gasteiger partial charge in [0.05, 0.1) is 40.0 Å². The van der Waals surface area contributed by atoms with E-state index in [-0.39, 0.29) is 32.0 Å². The lowest BCUT2D eigenvalue weighted by Gasteiger charge is -2.24. The first-order valence-corrected chi connectivity index (χ1v) is 23.5. The van der Waals surface area contributed by atoms with Crippen LogP contribution < -0.4 is 0 Å². The van der Waals surface area contributed by atoms with Gasteiger partial charge in [-0.05, 0) is 38.5 Å². The van der Waals surface area contributed by atoms with Crippen molar-refractivity contribution in [2.45, 2.75) is 206 Å². The summed E-state index contributed by atoms with van der Waals surface area (Å²) in [5.74, 6) is -0.813. The number of nitrogens with zero attached hydrogens (tertiary/aromatic N) is 1. The third-order valence-corrected chi connectivity index (χ3v) is 11.0. The van der Waals surface area contributed by atoms with E-state index in [2.05, 4.69) is 26.0 Å². The Kier molecular flexibility index (Phi) is 30.8. The van der Waals surface area contributed by atoms with Crippen molar-refractivity contribution in [3.63, 3.8) is 0 Å². The number of quaternary nitrogens is 1. The molecule has 1 aliphatic heterocycles. The van der Waals surface area contributed by atoms with Crippen LogP contribution in [0.5, 0.6) is 0 Å². The molecule has 1 aliphatic rings. The van der Waals surface area contributed by atoms with Crippen LogP contribution in [0.2, 0.25) is 0 Å². The molecule has 0 bridgehead atoms.